The number of hydrogen-bond donors (Lipinski definition) is 7. The molecule has 0 rings (SSSR count). The largest absolute Gasteiger partial charge is 0.480 e. The number of aliphatic carboxylic acids is 1. The highest BCUT2D eigenvalue weighted by Crippen LogP contribution is 2.04. The number of carboxylic acids is 1. The second kappa shape index (κ2) is 13.4. The molecule has 0 saturated carbocycles. The number of nitrogens with one attached hydrogen (secondary N) is 3. The summed E-state index contributed by atoms with van der Waals surface area (Å²) < 4.78 is 15.0. The lowest BCUT2D eigenvalue weighted by Gasteiger charge is -2.21. The monoisotopic (exact) mass is 418 g/mol. The SMILES string of the molecule is [2H]N[C@@H](C)C(=O)N[C@@H](CCC(=O)N([2H])[C@@H](CCCCN)C(=O)N[C@@H](C)C(=O)O)C(N)=O. The van der Waals surface area contributed by atoms with E-state index in [1.807, 2.05) is 5.73 Å². The Bertz CT molecular complexity index is 653. The minimum atomic E-state index is -1.27. The number of carbonyl (C=O) groups is 5. The molecule has 0 fully saturated rings. The van der Waals surface area contributed by atoms with Crippen LogP contribution < -0.4 is 33.1 Å². The molecule has 12 heteroatoms. The third-order valence-corrected chi connectivity index (χ3v) is 3.96. The number of carbonyl (C=O) groups excluding carboxylic acids is 4. The zero-order valence-corrected chi connectivity index (χ0v) is 16.6. The molecule has 0 aromatic carbocycles. The summed E-state index contributed by atoms with van der Waals surface area (Å²) in [6, 6.07) is -4.60. The van der Waals surface area contributed by atoms with Crippen LogP contribution in [0.3, 0.4) is 0 Å². The van der Waals surface area contributed by atoms with Crippen LogP contribution in [0.1, 0.15) is 46.0 Å². The summed E-state index contributed by atoms with van der Waals surface area (Å²) in [7, 11) is 0. The molecule has 12 nitrogen and oxygen atoms in total. The van der Waals surface area contributed by atoms with Crippen molar-refractivity contribution in [1.29, 1.82) is 0 Å². The summed E-state index contributed by atoms with van der Waals surface area (Å²) in [4.78, 5) is 59.2. The number of carboxylic acid groups (broad SMARTS) is 1. The number of rotatable bonds is 15. The number of primary amides is 1. The molecule has 0 radical (unpaired) electrons. The van der Waals surface area contributed by atoms with E-state index >= 15 is 0 Å². The molecule has 0 heterocycles. The molecule has 29 heavy (non-hydrogen) atoms. The van der Waals surface area contributed by atoms with Crippen LogP contribution in [0.25, 0.3) is 0 Å². The fourth-order valence-electron chi connectivity index (χ4n) is 2.20. The predicted molar refractivity (Wildman–Crippen MR) is 104 cm³/mol. The molecule has 4 amide bonds. The van der Waals surface area contributed by atoms with E-state index in [0.29, 0.717) is 24.7 Å². The van der Waals surface area contributed by atoms with Crippen molar-refractivity contribution < 1.29 is 31.9 Å². The smallest absolute Gasteiger partial charge is 0.325 e. The van der Waals surface area contributed by atoms with Gasteiger partial charge in [-0.15, -0.1) is 0 Å². The van der Waals surface area contributed by atoms with Crippen LogP contribution in [-0.2, 0) is 24.0 Å². The van der Waals surface area contributed by atoms with Crippen molar-refractivity contribution in [1.82, 2.24) is 15.9 Å². The molecule has 0 bridgehead atoms. The highest BCUT2D eigenvalue weighted by molar-refractivity contribution is 5.91. The Hall–Kier alpha value is -2.73. The third kappa shape index (κ3) is 11.0. The lowest BCUT2D eigenvalue weighted by molar-refractivity contribution is -0.141. The van der Waals surface area contributed by atoms with Gasteiger partial charge in [0.15, 0.2) is 1.41 Å². The van der Waals surface area contributed by atoms with Crippen molar-refractivity contribution >= 4 is 29.6 Å². The maximum Gasteiger partial charge on any atom is 0.325 e. The average molecular weight is 418 g/mol. The summed E-state index contributed by atoms with van der Waals surface area (Å²) in [5.41, 5.74) is 12.6. The molecular weight excluding hydrogens is 384 g/mol. The van der Waals surface area contributed by atoms with Crippen LogP contribution in [-0.4, -0.2) is 65.4 Å². The summed E-state index contributed by atoms with van der Waals surface area (Å²) in [5, 5.41) is 13.9. The average Bonchev–Trinajstić information content (AvgIpc) is 2.71. The van der Waals surface area contributed by atoms with Crippen LogP contribution in [0.5, 0.6) is 0 Å². The van der Waals surface area contributed by atoms with E-state index in [0.717, 1.165) is 0 Å². The molecule has 4 atom stereocenters. The Morgan fingerprint density at radius 3 is 2.21 bits per heavy atom. The zero-order valence-electron chi connectivity index (χ0n) is 18.6. The second-order valence-electron chi connectivity index (χ2n) is 6.62. The first-order chi connectivity index (χ1) is 14.5. The van der Waals surface area contributed by atoms with Gasteiger partial charge in [-0.05, 0) is 46.1 Å². The minimum absolute atomic E-state index is 0.0906. The van der Waals surface area contributed by atoms with E-state index in [2.05, 4.69) is 10.6 Å². The summed E-state index contributed by atoms with van der Waals surface area (Å²) in [6.45, 7) is 2.98. The van der Waals surface area contributed by atoms with Crippen molar-refractivity contribution in [2.45, 2.75) is 70.1 Å². The van der Waals surface area contributed by atoms with Crippen molar-refractivity contribution in [2.75, 3.05) is 6.54 Å². The Balaban J connectivity index is 5.15. The Kier molecular flexibility index (Phi) is 10.5. The van der Waals surface area contributed by atoms with Crippen molar-refractivity contribution in [3.05, 3.63) is 0 Å². The van der Waals surface area contributed by atoms with E-state index in [1.165, 1.54) is 13.8 Å². The fraction of sp³-hybridized carbons (Fsp3) is 0.706. The molecule has 0 aromatic heterocycles. The fourth-order valence-corrected chi connectivity index (χ4v) is 2.20. The van der Waals surface area contributed by atoms with Gasteiger partial charge in [0.05, 0.1) is 6.04 Å². The highest BCUT2D eigenvalue weighted by Gasteiger charge is 2.25. The third-order valence-electron chi connectivity index (χ3n) is 3.96. The van der Waals surface area contributed by atoms with Gasteiger partial charge < -0.3 is 38.2 Å². The van der Waals surface area contributed by atoms with Crippen LogP contribution >= 0.6 is 0 Å². The second-order valence-corrected chi connectivity index (χ2v) is 6.62. The van der Waals surface area contributed by atoms with Gasteiger partial charge in [-0.3, -0.25) is 24.0 Å². The zero-order chi connectivity index (χ0) is 24.1. The van der Waals surface area contributed by atoms with Crippen molar-refractivity contribution in [2.24, 2.45) is 17.2 Å². The lowest BCUT2D eigenvalue weighted by atomic mass is 10.1. The summed E-state index contributed by atoms with van der Waals surface area (Å²) in [6.07, 6.45) is 0.458. The molecule has 10 N–H and O–H groups in total. The predicted octanol–water partition coefficient (Wildman–Crippen LogP) is -2.71. The van der Waals surface area contributed by atoms with Crippen LogP contribution in [0.2, 0.25) is 2.82 Å². The first-order valence-corrected chi connectivity index (χ1v) is 9.27. The normalized spacial score (nSPS) is 15.7. The molecular formula is C17H32N6O6. The van der Waals surface area contributed by atoms with Crippen molar-refractivity contribution in [3.8, 4) is 0 Å². The lowest BCUT2D eigenvalue weighted by Crippen LogP contribution is -2.52. The molecule has 0 aliphatic rings. The van der Waals surface area contributed by atoms with Gasteiger partial charge in [-0.25, -0.2) is 0 Å². The van der Waals surface area contributed by atoms with E-state index in [1.54, 1.807) is 0 Å². The first-order valence-electron chi connectivity index (χ1n) is 10.2. The molecule has 166 valence electrons. The maximum atomic E-state index is 12.5. The van der Waals surface area contributed by atoms with Gasteiger partial charge in [0, 0.05) is 6.42 Å². The number of hydrogen-bond acceptors (Lipinski definition) is 7. The van der Waals surface area contributed by atoms with Gasteiger partial charge in [-0.2, -0.15) is 0 Å². The number of unbranched alkanes of at least 4 members (excludes halogenated alkanes) is 1. The van der Waals surface area contributed by atoms with Crippen LogP contribution in [0.15, 0.2) is 0 Å². The Morgan fingerprint density at radius 1 is 1.03 bits per heavy atom. The van der Waals surface area contributed by atoms with Gasteiger partial charge in [0.1, 0.15) is 19.5 Å². The first kappa shape index (κ1) is 22.6. The minimum Gasteiger partial charge on any atom is -0.480 e. The van der Waals surface area contributed by atoms with E-state index in [-0.39, 0.29) is 19.3 Å². The molecule has 0 spiro atoms. The molecule has 0 saturated heterocycles. The van der Waals surface area contributed by atoms with Gasteiger partial charge >= 0.3 is 5.97 Å². The Labute approximate surface area is 172 Å². The number of nitrogens with two attached hydrogens (primary N) is 3. The number of amides is 4. The standard InChI is InChI=1S/C17H32N6O6/c1-9(19)15(26)23-11(14(20)25)6-7-13(24)22-12(5-3-4-8-18)16(27)21-10(2)17(28)29/h9-12H,3-8,18-19H2,1-2H3,(H2,20,25)(H,21,27)(H,22,24)(H,23,26)(H,28,29)/t9-,10-,11-,12-/m0/s1/i/hD2. The van der Waals surface area contributed by atoms with Crippen molar-refractivity contribution in [3.63, 3.8) is 0 Å². The summed E-state index contributed by atoms with van der Waals surface area (Å²) >= 11 is 0. The van der Waals surface area contributed by atoms with Gasteiger partial charge in [0.25, 0.3) is 0 Å². The van der Waals surface area contributed by atoms with E-state index in [4.69, 9.17) is 19.4 Å². The van der Waals surface area contributed by atoms with Crippen LogP contribution in [0, 0.1) is 0 Å². The molecule has 0 aliphatic carbocycles. The maximum absolute atomic E-state index is 12.5. The van der Waals surface area contributed by atoms with Gasteiger partial charge in [-0.1, -0.05) is 0 Å². The molecule has 0 aromatic rings. The Morgan fingerprint density at radius 2 is 1.69 bits per heavy atom. The molecule has 0 aliphatic heterocycles. The van der Waals surface area contributed by atoms with Crippen LogP contribution in [0.4, 0.5) is 0 Å². The molecule has 0 unspecified atom stereocenters. The van der Waals surface area contributed by atoms with Gasteiger partial charge in [0.2, 0.25) is 23.6 Å². The highest BCUT2D eigenvalue weighted by atomic mass is 16.4. The van der Waals surface area contributed by atoms with E-state index in [9.17, 15) is 24.0 Å². The summed E-state index contributed by atoms with van der Waals surface area (Å²) in [5.74, 6) is -4.46. The topological polar surface area (TPSA) is 220 Å². The van der Waals surface area contributed by atoms with E-state index < -0.39 is 53.8 Å². The quantitative estimate of drug-likeness (QED) is 0.138.